The van der Waals surface area contributed by atoms with Crippen LogP contribution in [0.5, 0.6) is 0 Å². The monoisotopic (exact) mass is 337 g/mol. The summed E-state index contributed by atoms with van der Waals surface area (Å²) in [7, 11) is 0. The predicted molar refractivity (Wildman–Crippen MR) is 95.2 cm³/mol. The van der Waals surface area contributed by atoms with Crippen molar-refractivity contribution in [2.24, 2.45) is 11.8 Å². The third-order valence-corrected chi connectivity index (χ3v) is 5.48. The Kier molecular flexibility index (Phi) is 4.59. The fourth-order valence-electron chi connectivity index (χ4n) is 4.06. The smallest absolute Gasteiger partial charge is 0.253 e. The lowest BCUT2D eigenvalue weighted by Gasteiger charge is -2.34. The maximum atomic E-state index is 12.6. The van der Waals surface area contributed by atoms with E-state index in [9.17, 15) is 4.79 Å². The number of carbonyl (C=O) groups is 1. The van der Waals surface area contributed by atoms with Crippen molar-refractivity contribution in [3.8, 4) is 0 Å². The molecule has 2 fully saturated rings. The Bertz CT molecular complexity index is 700. The van der Waals surface area contributed by atoms with Gasteiger partial charge in [-0.1, -0.05) is 0 Å². The van der Waals surface area contributed by atoms with Crippen molar-refractivity contribution in [3.05, 3.63) is 48.5 Å². The molecule has 0 aliphatic carbocycles. The summed E-state index contributed by atoms with van der Waals surface area (Å²) in [6.45, 7) is 3.76. The number of nitrogens with zero attached hydrogens (tertiary/aromatic N) is 5. The second-order valence-electron chi connectivity index (χ2n) is 6.91. The van der Waals surface area contributed by atoms with E-state index in [0.29, 0.717) is 11.8 Å². The van der Waals surface area contributed by atoms with Crippen LogP contribution in [0.4, 0.5) is 5.95 Å². The third-order valence-electron chi connectivity index (χ3n) is 5.48. The van der Waals surface area contributed by atoms with Crippen molar-refractivity contribution >= 4 is 11.9 Å². The Labute approximate surface area is 147 Å². The molecule has 0 aromatic carbocycles. The van der Waals surface area contributed by atoms with Gasteiger partial charge in [-0.3, -0.25) is 9.78 Å². The summed E-state index contributed by atoms with van der Waals surface area (Å²) in [6, 6.07) is 5.45. The van der Waals surface area contributed by atoms with Crippen molar-refractivity contribution in [1.82, 2.24) is 19.9 Å². The average Bonchev–Trinajstić information content (AvgIpc) is 3.19. The van der Waals surface area contributed by atoms with Crippen molar-refractivity contribution in [3.63, 3.8) is 0 Å². The van der Waals surface area contributed by atoms with Crippen molar-refractivity contribution in [1.29, 1.82) is 0 Å². The van der Waals surface area contributed by atoms with Crippen molar-refractivity contribution in [2.45, 2.75) is 19.3 Å². The largest absolute Gasteiger partial charge is 0.341 e. The highest BCUT2D eigenvalue weighted by molar-refractivity contribution is 5.94. The summed E-state index contributed by atoms with van der Waals surface area (Å²) in [4.78, 5) is 29.6. The Morgan fingerprint density at radius 2 is 1.60 bits per heavy atom. The van der Waals surface area contributed by atoms with Crippen LogP contribution in [0.1, 0.15) is 29.6 Å². The minimum Gasteiger partial charge on any atom is -0.341 e. The van der Waals surface area contributed by atoms with Crippen LogP contribution >= 0.6 is 0 Å². The van der Waals surface area contributed by atoms with Gasteiger partial charge in [-0.05, 0) is 49.3 Å². The van der Waals surface area contributed by atoms with Gasteiger partial charge in [0.2, 0.25) is 5.95 Å². The average molecular weight is 337 g/mol. The number of piperidine rings is 1. The number of likely N-dealkylation sites (tertiary alicyclic amines) is 1. The van der Waals surface area contributed by atoms with Gasteiger partial charge in [-0.2, -0.15) is 0 Å². The molecular weight excluding hydrogens is 314 g/mol. The van der Waals surface area contributed by atoms with Gasteiger partial charge in [-0.15, -0.1) is 0 Å². The molecule has 0 spiro atoms. The van der Waals surface area contributed by atoms with Crippen molar-refractivity contribution in [2.75, 3.05) is 31.1 Å². The molecule has 130 valence electrons. The lowest BCUT2D eigenvalue weighted by molar-refractivity contribution is 0.0780. The number of aromatic nitrogens is 3. The van der Waals surface area contributed by atoms with Gasteiger partial charge < -0.3 is 9.80 Å². The van der Waals surface area contributed by atoms with E-state index in [1.807, 2.05) is 11.0 Å². The van der Waals surface area contributed by atoms with E-state index in [4.69, 9.17) is 0 Å². The highest BCUT2D eigenvalue weighted by Crippen LogP contribution is 2.33. The molecule has 6 nitrogen and oxygen atoms in total. The summed E-state index contributed by atoms with van der Waals surface area (Å²) in [5.41, 5.74) is 0.742. The van der Waals surface area contributed by atoms with Crippen LogP contribution in [0.2, 0.25) is 0 Å². The molecule has 25 heavy (non-hydrogen) atoms. The zero-order chi connectivity index (χ0) is 17.1. The summed E-state index contributed by atoms with van der Waals surface area (Å²) >= 11 is 0. The molecule has 6 heteroatoms. The van der Waals surface area contributed by atoms with Gasteiger partial charge in [0, 0.05) is 56.5 Å². The molecule has 4 heterocycles. The topological polar surface area (TPSA) is 62.2 Å². The fraction of sp³-hybridized carbons (Fsp3) is 0.474. The quantitative estimate of drug-likeness (QED) is 0.860. The lowest BCUT2D eigenvalue weighted by Crippen LogP contribution is -2.38. The second-order valence-corrected chi connectivity index (χ2v) is 6.91. The van der Waals surface area contributed by atoms with Crippen LogP contribution in [-0.2, 0) is 0 Å². The van der Waals surface area contributed by atoms with Gasteiger partial charge in [0.15, 0.2) is 0 Å². The molecular formula is C19H23N5O. The highest BCUT2D eigenvalue weighted by atomic mass is 16.2. The first-order chi connectivity index (χ1) is 12.3. The molecule has 0 radical (unpaired) electrons. The summed E-state index contributed by atoms with van der Waals surface area (Å²) in [5, 5.41) is 0. The van der Waals surface area contributed by atoms with Gasteiger partial charge in [-0.25, -0.2) is 9.97 Å². The minimum atomic E-state index is 0.139. The van der Waals surface area contributed by atoms with E-state index in [2.05, 4.69) is 19.9 Å². The standard InChI is InChI=1S/C19H23N5O/c25-18(16-2-9-20-10-3-16)24-13-6-17(14-24)15-4-11-23(12-5-15)19-21-7-1-8-22-19/h1-3,7-10,15,17H,4-6,11-14H2. The minimum absolute atomic E-state index is 0.139. The lowest BCUT2D eigenvalue weighted by atomic mass is 9.84. The van der Waals surface area contributed by atoms with E-state index in [0.717, 1.165) is 57.0 Å². The van der Waals surface area contributed by atoms with Gasteiger partial charge in [0.25, 0.3) is 5.91 Å². The molecule has 2 aliphatic rings. The molecule has 1 unspecified atom stereocenters. The summed E-state index contributed by atoms with van der Waals surface area (Å²) in [6.07, 6.45) is 10.4. The molecule has 2 aromatic heterocycles. The van der Waals surface area contributed by atoms with E-state index in [-0.39, 0.29) is 5.91 Å². The maximum Gasteiger partial charge on any atom is 0.253 e. The first kappa shape index (κ1) is 16.0. The fourth-order valence-corrected chi connectivity index (χ4v) is 4.06. The van der Waals surface area contributed by atoms with Crippen LogP contribution in [0.15, 0.2) is 43.0 Å². The van der Waals surface area contributed by atoms with Crippen LogP contribution in [0, 0.1) is 11.8 Å². The molecule has 2 aromatic rings. The molecule has 1 amide bonds. The van der Waals surface area contributed by atoms with Crippen LogP contribution < -0.4 is 4.90 Å². The number of anilines is 1. The number of rotatable bonds is 3. The van der Waals surface area contributed by atoms with Gasteiger partial charge >= 0.3 is 0 Å². The summed E-state index contributed by atoms with van der Waals surface area (Å²) in [5.74, 6) is 2.28. The van der Waals surface area contributed by atoms with E-state index < -0.39 is 0 Å². The highest BCUT2D eigenvalue weighted by Gasteiger charge is 2.34. The molecule has 1 atom stereocenters. The Hall–Kier alpha value is -2.50. The number of carbonyl (C=O) groups excluding carboxylic acids is 1. The molecule has 2 saturated heterocycles. The molecule has 0 saturated carbocycles. The zero-order valence-electron chi connectivity index (χ0n) is 14.3. The maximum absolute atomic E-state index is 12.6. The second kappa shape index (κ2) is 7.17. The van der Waals surface area contributed by atoms with Crippen LogP contribution in [0.25, 0.3) is 0 Å². The van der Waals surface area contributed by atoms with E-state index in [1.54, 1.807) is 36.9 Å². The third kappa shape index (κ3) is 3.48. The Balaban J connectivity index is 1.32. The first-order valence-electron chi connectivity index (χ1n) is 9.02. The van der Waals surface area contributed by atoms with E-state index in [1.165, 1.54) is 0 Å². The molecule has 2 aliphatic heterocycles. The molecule has 0 bridgehead atoms. The number of hydrogen-bond donors (Lipinski definition) is 0. The van der Waals surface area contributed by atoms with Crippen LogP contribution in [-0.4, -0.2) is 51.9 Å². The predicted octanol–water partition coefficient (Wildman–Crippen LogP) is 2.25. The number of pyridine rings is 1. The first-order valence-corrected chi connectivity index (χ1v) is 9.02. The Morgan fingerprint density at radius 3 is 2.32 bits per heavy atom. The summed E-state index contributed by atoms with van der Waals surface area (Å²) < 4.78 is 0. The van der Waals surface area contributed by atoms with Crippen LogP contribution in [0.3, 0.4) is 0 Å². The normalized spacial score (nSPS) is 21.5. The Morgan fingerprint density at radius 1 is 0.920 bits per heavy atom. The number of hydrogen-bond acceptors (Lipinski definition) is 5. The molecule has 0 N–H and O–H groups in total. The van der Waals surface area contributed by atoms with Crippen molar-refractivity contribution < 1.29 is 4.79 Å². The van der Waals surface area contributed by atoms with Gasteiger partial charge in [0.1, 0.15) is 0 Å². The zero-order valence-corrected chi connectivity index (χ0v) is 14.3. The van der Waals surface area contributed by atoms with E-state index >= 15 is 0 Å². The molecule has 4 rings (SSSR count). The number of amides is 1. The SMILES string of the molecule is O=C(c1ccncc1)N1CCC(C2CCN(c3ncccn3)CC2)C1. The van der Waals surface area contributed by atoms with Gasteiger partial charge in [0.05, 0.1) is 0 Å².